The number of carbonyl (C=O) groups excluding carboxylic acids is 1. The lowest BCUT2D eigenvalue weighted by Gasteiger charge is -2.06. The molecule has 58 valence electrons. The lowest BCUT2D eigenvalue weighted by Crippen LogP contribution is -2.18. The van der Waals surface area contributed by atoms with Crippen LogP contribution in [-0.2, 0) is 9.53 Å². The summed E-state index contributed by atoms with van der Waals surface area (Å²) in [5.41, 5.74) is 5.05. The van der Waals surface area contributed by atoms with E-state index in [-0.39, 0.29) is 18.6 Å². The monoisotopic (exact) mass is 143 g/mol. The minimum absolute atomic E-state index is 0.0231. The van der Waals surface area contributed by atoms with E-state index in [1.54, 1.807) is 0 Å². The third-order valence-corrected chi connectivity index (χ3v) is 1.91. The van der Waals surface area contributed by atoms with E-state index in [2.05, 4.69) is 4.74 Å². The van der Waals surface area contributed by atoms with Crippen molar-refractivity contribution in [2.45, 2.75) is 25.7 Å². The van der Waals surface area contributed by atoms with Crippen LogP contribution in [-0.4, -0.2) is 12.7 Å². The molecule has 1 aliphatic carbocycles. The van der Waals surface area contributed by atoms with Gasteiger partial charge in [0.05, 0.1) is 5.92 Å². The second-order valence-corrected chi connectivity index (χ2v) is 2.61. The lowest BCUT2D eigenvalue weighted by atomic mass is 10.1. The molecule has 0 aromatic carbocycles. The van der Waals surface area contributed by atoms with Crippen LogP contribution in [0.15, 0.2) is 0 Å². The maximum atomic E-state index is 10.9. The van der Waals surface area contributed by atoms with Crippen molar-refractivity contribution >= 4 is 5.97 Å². The molecule has 0 aliphatic heterocycles. The molecule has 10 heavy (non-hydrogen) atoms. The number of ether oxygens (including phenoxy) is 1. The maximum absolute atomic E-state index is 10.9. The van der Waals surface area contributed by atoms with Gasteiger partial charge in [0.2, 0.25) is 0 Å². The summed E-state index contributed by atoms with van der Waals surface area (Å²) in [6.07, 6.45) is 4.28. The maximum Gasteiger partial charge on any atom is 0.310 e. The highest BCUT2D eigenvalue weighted by molar-refractivity contribution is 5.72. The molecule has 1 aliphatic rings. The number of esters is 1. The number of rotatable bonds is 2. The average Bonchev–Trinajstić information content (AvgIpc) is 2.38. The molecular formula is C7H13NO2. The molecule has 0 radical (unpaired) electrons. The molecule has 2 N–H and O–H groups in total. The molecular weight excluding hydrogens is 130 g/mol. The second-order valence-electron chi connectivity index (χ2n) is 2.61. The molecule has 0 spiro atoms. The summed E-state index contributed by atoms with van der Waals surface area (Å²) in [7, 11) is 0. The Bertz CT molecular complexity index is 119. The molecule has 1 fully saturated rings. The molecule has 0 bridgehead atoms. The van der Waals surface area contributed by atoms with E-state index >= 15 is 0 Å². The van der Waals surface area contributed by atoms with Gasteiger partial charge in [0.25, 0.3) is 0 Å². The predicted molar refractivity (Wildman–Crippen MR) is 37.1 cm³/mol. The van der Waals surface area contributed by atoms with Gasteiger partial charge in [-0.05, 0) is 12.8 Å². The first-order valence-corrected chi connectivity index (χ1v) is 3.71. The van der Waals surface area contributed by atoms with E-state index < -0.39 is 0 Å². The molecule has 0 amide bonds. The normalized spacial score (nSPS) is 19.3. The molecule has 0 heterocycles. The van der Waals surface area contributed by atoms with Gasteiger partial charge in [-0.2, -0.15) is 0 Å². The van der Waals surface area contributed by atoms with Gasteiger partial charge in [0.1, 0.15) is 6.73 Å². The first-order valence-electron chi connectivity index (χ1n) is 3.71. The van der Waals surface area contributed by atoms with Crippen LogP contribution in [0.3, 0.4) is 0 Å². The van der Waals surface area contributed by atoms with Gasteiger partial charge in [0, 0.05) is 0 Å². The van der Waals surface area contributed by atoms with Crippen LogP contribution < -0.4 is 5.73 Å². The Morgan fingerprint density at radius 2 is 2.10 bits per heavy atom. The van der Waals surface area contributed by atoms with Gasteiger partial charge in [-0.3, -0.25) is 10.5 Å². The van der Waals surface area contributed by atoms with Crippen molar-refractivity contribution in [3.05, 3.63) is 0 Å². The van der Waals surface area contributed by atoms with E-state index in [1.807, 2.05) is 0 Å². The van der Waals surface area contributed by atoms with Crippen molar-refractivity contribution in [2.75, 3.05) is 6.73 Å². The van der Waals surface area contributed by atoms with Gasteiger partial charge in [0.15, 0.2) is 0 Å². The smallest absolute Gasteiger partial charge is 0.310 e. The first-order chi connectivity index (χ1) is 4.84. The van der Waals surface area contributed by atoms with Gasteiger partial charge in [-0.15, -0.1) is 0 Å². The number of hydrogen-bond acceptors (Lipinski definition) is 3. The minimum Gasteiger partial charge on any atom is -0.450 e. The molecule has 1 saturated carbocycles. The number of hydrogen-bond donors (Lipinski definition) is 1. The topological polar surface area (TPSA) is 52.3 Å². The summed E-state index contributed by atoms with van der Waals surface area (Å²) in [6.45, 7) is 0.0231. The molecule has 0 aromatic rings. The highest BCUT2D eigenvalue weighted by Gasteiger charge is 2.23. The SMILES string of the molecule is NCOC(=O)C1CCCC1. The highest BCUT2D eigenvalue weighted by atomic mass is 16.5. The van der Waals surface area contributed by atoms with E-state index in [0.29, 0.717) is 0 Å². The fraction of sp³-hybridized carbons (Fsp3) is 0.857. The molecule has 0 atom stereocenters. The zero-order chi connectivity index (χ0) is 7.40. The summed E-state index contributed by atoms with van der Waals surface area (Å²) >= 11 is 0. The average molecular weight is 143 g/mol. The summed E-state index contributed by atoms with van der Waals surface area (Å²) in [4.78, 5) is 10.9. The van der Waals surface area contributed by atoms with Crippen LogP contribution in [0.4, 0.5) is 0 Å². The van der Waals surface area contributed by atoms with Crippen molar-refractivity contribution < 1.29 is 9.53 Å². The Labute approximate surface area is 60.5 Å². The Balaban J connectivity index is 2.25. The van der Waals surface area contributed by atoms with Crippen LogP contribution in [0.5, 0.6) is 0 Å². The first kappa shape index (κ1) is 7.54. The molecule has 0 saturated heterocycles. The summed E-state index contributed by atoms with van der Waals surface area (Å²) < 4.78 is 4.66. The number of carbonyl (C=O) groups is 1. The van der Waals surface area contributed by atoms with Gasteiger partial charge >= 0.3 is 5.97 Å². The third kappa shape index (κ3) is 1.70. The van der Waals surface area contributed by atoms with E-state index in [0.717, 1.165) is 25.7 Å². The van der Waals surface area contributed by atoms with E-state index in [9.17, 15) is 4.79 Å². The Hall–Kier alpha value is -0.570. The molecule has 3 nitrogen and oxygen atoms in total. The molecule has 0 aromatic heterocycles. The van der Waals surface area contributed by atoms with Gasteiger partial charge in [-0.1, -0.05) is 12.8 Å². The molecule has 3 heteroatoms. The van der Waals surface area contributed by atoms with Crippen LogP contribution in [0.25, 0.3) is 0 Å². The van der Waals surface area contributed by atoms with E-state index in [4.69, 9.17) is 5.73 Å². The minimum atomic E-state index is -0.111. The Morgan fingerprint density at radius 3 is 2.60 bits per heavy atom. The van der Waals surface area contributed by atoms with Crippen molar-refractivity contribution in [1.82, 2.24) is 0 Å². The number of nitrogens with two attached hydrogens (primary N) is 1. The summed E-state index contributed by atoms with van der Waals surface area (Å²) in [5, 5.41) is 0. The van der Waals surface area contributed by atoms with Crippen molar-refractivity contribution in [3.8, 4) is 0 Å². The zero-order valence-electron chi connectivity index (χ0n) is 6.01. The largest absolute Gasteiger partial charge is 0.450 e. The van der Waals surface area contributed by atoms with Gasteiger partial charge in [-0.25, -0.2) is 0 Å². The van der Waals surface area contributed by atoms with Crippen molar-refractivity contribution in [3.63, 3.8) is 0 Å². The van der Waals surface area contributed by atoms with Crippen molar-refractivity contribution in [2.24, 2.45) is 11.7 Å². The highest BCUT2D eigenvalue weighted by Crippen LogP contribution is 2.25. The van der Waals surface area contributed by atoms with Crippen LogP contribution in [0.1, 0.15) is 25.7 Å². The van der Waals surface area contributed by atoms with Gasteiger partial charge < -0.3 is 4.74 Å². The van der Waals surface area contributed by atoms with Crippen LogP contribution >= 0.6 is 0 Å². The zero-order valence-corrected chi connectivity index (χ0v) is 6.01. The predicted octanol–water partition coefficient (Wildman–Crippen LogP) is 0.636. The summed E-state index contributed by atoms with van der Waals surface area (Å²) in [6, 6.07) is 0. The second kappa shape index (κ2) is 3.56. The lowest BCUT2D eigenvalue weighted by molar-refractivity contribution is -0.148. The van der Waals surface area contributed by atoms with Crippen LogP contribution in [0, 0.1) is 5.92 Å². The summed E-state index contributed by atoms with van der Waals surface area (Å²) in [5.74, 6) is 0.0311. The molecule has 0 unspecified atom stereocenters. The Morgan fingerprint density at radius 1 is 1.50 bits per heavy atom. The van der Waals surface area contributed by atoms with Crippen LogP contribution in [0.2, 0.25) is 0 Å². The molecule has 1 rings (SSSR count). The quantitative estimate of drug-likeness (QED) is 0.455. The fourth-order valence-electron chi connectivity index (χ4n) is 1.36. The standard InChI is InChI=1S/C7H13NO2/c8-5-10-7(9)6-3-1-2-4-6/h6H,1-5,8H2. The fourth-order valence-corrected chi connectivity index (χ4v) is 1.36. The third-order valence-electron chi connectivity index (χ3n) is 1.91. The van der Waals surface area contributed by atoms with Crippen molar-refractivity contribution in [1.29, 1.82) is 0 Å². The Kier molecular flexibility index (Phi) is 2.68. The van der Waals surface area contributed by atoms with E-state index in [1.165, 1.54) is 0 Å².